The van der Waals surface area contributed by atoms with Gasteiger partial charge in [-0.2, -0.15) is 12.7 Å². The molecular weight excluding hydrogens is 514 g/mol. The molecule has 2 rings (SSSR count). The first-order valence-electron chi connectivity index (χ1n) is 13.1. The highest BCUT2D eigenvalue weighted by Gasteiger charge is 2.42. The Hall–Kier alpha value is -2.67. The number of allylic oxidation sites excluding steroid dienone is 2. The Balaban J connectivity index is 0.000000380. The monoisotopic (exact) mass is 559 g/mol. The lowest BCUT2D eigenvalue weighted by molar-refractivity contribution is -0.136. The quantitative estimate of drug-likeness (QED) is 0.255. The van der Waals surface area contributed by atoms with Crippen molar-refractivity contribution in [1.29, 1.82) is 0 Å². The van der Waals surface area contributed by atoms with Crippen LogP contribution in [0, 0.1) is 11.8 Å². The Morgan fingerprint density at radius 2 is 1.82 bits per heavy atom. The average molecular weight is 560 g/mol. The molecule has 0 radical (unpaired) electrons. The zero-order valence-corrected chi connectivity index (χ0v) is 24.3. The Labute approximate surface area is 226 Å². The van der Waals surface area contributed by atoms with E-state index in [1.165, 1.54) is 38.3 Å². The molecule has 3 atom stereocenters. The molecule has 1 aliphatic carbocycles. The zero-order chi connectivity index (χ0) is 29.1. The number of primary amides is 1. The van der Waals surface area contributed by atoms with E-state index in [-0.39, 0.29) is 24.3 Å². The van der Waals surface area contributed by atoms with Gasteiger partial charge in [0.1, 0.15) is 18.2 Å². The number of ether oxygens (including phenoxy) is 1. The lowest BCUT2D eigenvalue weighted by Crippen LogP contribution is -2.48. The fourth-order valence-corrected chi connectivity index (χ4v) is 4.32. The third-order valence-corrected chi connectivity index (χ3v) is 7.35. The first-order valence-corrected chi connectivity index (χ1v) is 14.5. The molecule has 2 aliphatic rings. The molecule has 38 heavy (non-hydrogen) atoms. The number of nitrogens with two attached hydrogens (primary N) is 1. The number of nitrogens with zero attached hydrogens (tertiary/aromatic N) is 2. The highest BCUT2D eigenvalue weighted by molar-refractivity contribution is 7.87. The fraction of sp³-hybridized carbons (Fsp3) is 0.760. The van der Waals surface area contributed by atoms with E-state index in [2.05, 4.69) is 23.0 Å². The second kappa shape index (κ2) is 15.1. The molecule has 1 saturated heterocycles. The molecular formula is C25H45N5O7S. The summed E-state index contributed by atoms with van der Waals surface area (Å²) in [6, 6.07) is -0.562. The van der Waals surface area contributed by atoms with Gasteiger partial charge < -0.3 is 20.7 Å². The van der Waals surface area contributed by atoms with Gasteiger partial charge >= 0.3 is 16.3 Å². The van der Waals surface area contributed by atoms with Crippen LogP contribution >= 0.6 is 0 Å². The predicted octanol–water partition coefficient (Wildman–Crippen LogP) is 1.67. The van der Waals surface area contributed by atoms with Crippen LogP contribution in [-0.2, 0) is 29.3 Å². The van der Waals surface area contributed by atoms with Crippen molar-refractivity contribution in [2.45, 2.75) is 84.3 Å². The number of unbranched alkanes of at least 4 members (excludes halogenated alkanes) is 3. The van der Waals surface area contributed by atoms with Crippen molar-refractivity contribution in [2.75, 3.05) is 27.2 Å². The molecule has 4 N–H and O–H groups in total. The van der Waals surface area contributed by atoms with Crippen LogP contribution in [0.2, 0.25) is 0 Å². The van der Waals surface area contributed by atoms with Crippen LogP contribution in [0.25, 0.3) is 0 Å². The third kappa shape index (κ3) is 12.2. The van der Waals surface area contributed by atoms with Crippen molar-refractivity contribution in [3.05, 3.63) is 12.2 Å². The van der Waals surface area contributed by atoms with E-state index in [4.69, 9.17) is 10.5 Å². The van der Waals surface area contributed by atoms with Gasteiger partial charge in [0.05, 0.1) is 0 Å². The van der Waals surface area contributed by atoms with Crippen molar-refractivity contribution in [3.8, 4) is 0 Å². The molecule has 13 heteroatoms. The third-order valence-electron chi connectivity index (χ3n) is 5.93. The summed E-state index contributed by atoms with van der Waals surface area (Å²) in [7, 11) is -0.856. The van der Waals surface area contributed by atoms with Crippen LogP contribution in [0.15, 0.2) is 12.2 Å². The summed E-state index contributed by atoms with van der Waals surface area (Å²) >= 11 is 0. The second-order valence-corrected chi connectivity index (χ2v) is 12.6. The predicted molar refractivity (Wildman–Crippen MR) is 144 cm³/mol. The number of nitrogens with one attached hydrogen (secondary N) is 2. The highest BCUT2D eigenvalue weighted by Crippen LogP contribution is 2.40. The molecule has 3 unspecified atom stereocenters. The number of likely N-dealkylation sites (tertiary alicyclic amines) is 1. The fourth-order valence-electron chi connectivity index (χ4n) is 3.73. The summed E-state index contributed by atoms with van der Waals surface area (Å²) < 4.78 is 31.1. The van der Waals surface area contributed by atoms with Gasteiger partial charge in [0.2, 0.25) is 17.7 Å². The van der Waals surface area contributed by atoms with Crippen LogP contribution in [0.4, 0.5) is 4.79 Å². The summed E-state index contributed by atoms with van der Waals surface area (Å²) in [6.07, 6.45) is 10.2. The van der Waals surface area contributed by atoms with Crippen LogP contribution in [0.1, 0.15) is 72.6 Å². The zero-order valence-electron chi connectivity index (χ0n) is 23.5. The van der Waals surface area contributed by atoms with E-state index in [0.29, 0.717) is 13.0 Å². The van der Waals surface area contributed by atoms with Crippen molar-refractivity contribution < 1.29 is 32.3 Å². The van der Waals surface area contributed by atoms with Crippen molar-refractivity contribution >= 4 is 34.0 Å². The number of rotatable bonds is 11. The Morgan fingerprint density at radius 1 is 1.16 bits per heavy atom. The smallest absolute Gasteiger partial charge is 0.408 e. The molecule has 0 aromatic rings. The Morgan fingerprint density at radius 3 is 2.37 bits per heavy atom. The first-order chi connectivity index (χ1) is 17.6. The summed E-state index contributed by atoms with van der Waals surface area (Å²) in [5, 5.41) is 2.37. The molecule has 12 nitrogen and oxygen atoms in total. The average Bonchev–Trinajstić information content (AvgIpc) is 3.39. The van der Waals surface area contributed by atoms with Gasteiger partial charge in [-0.05, 0) is 58.8 Å². The number of hydrogen-bond donors (Lipinski definition) is 3. The lowest BCUT2D eigenvalue weighted by atomic mass is 10.2. The van der Waals surface area contributed by atoms with E-state index < -0.39 is 39.8 Å². The number of hydrogen-bond acceptors (Lipinski definition) is 7. The number of amides is 4. The minimum Gasteiger partial charge on any atom is -0.444 e. The standard InChI is InChI=1S/C13H24N2O3S.C12H21N3O4/c1-4-5-6-7-8-9-11-10-12(11)13(16)14-19(17,18)15(2)3;1-12(2,3)19-11(18)14-7-9(16)15-6-4-5-8(15)10(13)17/h8-9,11-12H,4-7,10H2,1-3H3,(H,14,16);8H,4-7H2,1-3H3,(H2,13,17)(H,14,18)/b9-8-;. The minimum atomic E-state index is -3.65. The Kier molecular flexibility index (Phi) is 13.2. The maximum atomic E-state index is 11.9. The molecule has 0 aromatic heterocycles. The topological polar surface area (TPSA) is 168 Å². The molecule has 4 amide bonds. The van der Waals surface area contributed by atoms with Gasteiger partial charge in [0.15, 0.2) is 0 Å². The maximum absolute atomic E-state index is 11.9. The molecule has 0 spiro atoms. The van der Waals surface area contributed by atoms with E-state index in [9.17, 15) is 27.6 Å². The summed E-state index contributed by atoms with van der Waals surface area (Å²) in [5.74, 6) is -1.21. The number of alkyl carbamates (subject to hydrolysis) is 1. The highest BCUT2D eigenvalue weighted by atomic mass is 32.2. The maximum Gasteiger partial charge on any atom is 0.408 e. The van der Waals surface area contributed by atoms with Gasteiger partial charge in [-0.3, -0.25) is 14.4 Å². The van der Waals surface area contributed by atoms with Gasteiger partial charge in [-0.15, -0.1) is 0 Å². The summed E-state index contributed by atoms with van der Waals surface area (Å²) in [5.41, 5.74) is 4.61. The van der Waals surface area contributed by atoms with E-state index in [1.807, 2.05) is 6.08 Å². The van der Waals surface area contributed by atoms with Gasteiger partial charge in [0.25, 0.3) is 0 Å². The molecule has 1 heterocycles. The van der Waals surface area contributed by atoms with Crippen LogP contribution < -0.4 is 15.8 Å². The SMILES string of the molecule is CC(C)(C)OC(=O)NCC(=O)N1CCCC1C(N)=O.CCCCC/C=C\C1CC1C(=O)NS(=O)(=O)N(C)C. The van der Waals surface area contributed by atoms with Crippen LogP contribution in [-0.4, -0.2) is 80.3 Å². The first kappa shape index (κ1) is 33.4. The van der Waals surface area contributed by atoms with E-state index >= 15 is 0 Å². The minimum absolute atomic E-state index is 0.183. The van der Waals surface area contributed by atoms with Gasteiger partial charge in [0, 0.05) is 26.6 Å². The van der Waals surface area contributed by atoms with Crippen LogP contribution in [0.3, 0.4) is 0 Å². The van der Waals surface area contributed by atoms with Crippen molar-refractivity contribution in [1.82, 2.24) is 19.2 Å². The molecule has 1 aliphatic heterocycles. The molecule has 2 fully saturated rings. The van der Waals surface area contributed by atoms with E-state index in [0.717, 1.165) is 23.6 Å². The van der Waals surface area contributed by atoms with Gasteiger partial charge in [-0.1, -0.05) is 31.9 Å². The molecule has 1 saturated carbocycles. The molecule has 218 valence electrons. The molecule has 0 aromatic carbocycles. The van der Waals surface area contributed by atoms with Crippen molar-refractivity contribution in [2.24, 2.45) is 17.6 Å². The summed E-state index contributed by atoms with van der Waals surface area (Å²) in [4.78, 5) is 47.6. The normalized spacial score (nSPS) is 21.0. The van der Waals surface area contributed by atoms with E-state index in [1.54, 1.807) is 20.8 Å². The second-order valence-electron chi connectivity index (χ2n) is 10.7. The van der Waals surface area contributed by atoms with Crippen LogP contribution in [0.5, 0.6) is 0 Å². The largest absolute Gasteiger partial charge is 0.444 e. The molecule has 0 bridgehead atoms. The lowest BCUT2D eigenvalue weighted by Gasteiger charge is -2.23. The Bertz CT molecular complexity index is 960. The summed E-state index contributed by atoms with van der Waals surface area (Å²) in [6.45, 7) is 7.66. The number of carbonyl (C=O) groups is 4. The van der Waals surface area contributed by atoms with Gasteiger partial charge in [-0.25, -0.2) is 9.52 Å². The number of carbonyl (C=O) groups excluding carboxylic acids is 4. The van der Waals surface area contributed by atoms with Crippen molar-refractivity contribution in [3.63, 3.8) is 0 Å².